The van der Waals surface area contributed by atoms with Crippen LogP contribution in [0.1, 0.15) is 18.1 Å². The second kappa shape index (κ2) is 6.79. The highest BCUT2D eigenvalue weighted by molar-refractivity contribution is 6.07. The second-order valence-electron chi connectivity index (χ2n) is 5.96. The molecule has 1 atom stereocenters. The molecule has 26 heavy (non-hydrogen) atoms. The van der Waals surface area contributed by atoms with Crippen molar-refractivity contribution in [1.82, 2.24) is 10.6 Å². The lowest BCUT2D eigenvalue weighted by atomic mass is 9.92. The van der Waals surface area contributed by atoms with E-state index in [2.05, 4.69) is 16.0 Å². The molecule has 2 aromatic carbocycles. The zero-order chi connectivity index (χ0) is 18.7. The Morgan fingerprint density at radius 2 is 1.92 bits per heavy atom. The fraction of sp³-hybridized carbons (Fsp3) is 0.105. The molecule has 132 valence electrons. The van der Waals surface area contributed by atoms with E-state index in [4.69, 9.17) is 0 Å². The van der Waals surface area contributed by atoms with Crippen LogP contribution in [0.4, 0.5) is 14.9 Å². The molecule has 1 aliphatic rings. The van der Waals surface area contributed by atoms with E-state index in [-0.39, 0.29) is 0 Å². The summed E-state index contributed by atoms with van der Waals surface area (Å²) in [6.45, 7) is 1.58. The molecule has 1 saturated heterocycles. The van der Waals surface area contributed by atoms with E-state index < -0.39 is 29.2 Å². The molecule has 1 heterocycles. The lowest BCUT2D eigenvalue weighted by molar-refractivity contribution is -0.123. The monoisotopic (exact) mass is 353 g/mol. The van der Waals surface area contributed by atoms with Gasteiger partial charge in [0.25, 0.3) is 5.91 Å². The lowest BCUT2D eigenvalue weighted by Gasteiger charge is -2.21. The molecule has 1 fully saturated rings. The third-order valence-electron chi connectivity index (χ3n) is 4.07. The predicted octanol–water partition coefficient (Wildman–Crippen LogP) is 2.53. The average Bonchev–Trinajstić information content (AvgIpc) is 2.87. The van der Waals surface area contributed by atoms with Gasteiger partial charge in [0.2, 0.25) is 5.91 Å². The minimum Gasteiger partial charge on any atom is -0.323 e. The van der Waals surface area contributed by atoms with Crippen LogP contribution in [-0.2, 0) is 15.1 Å². The third-order valence-corrected chi connectivity index (χ3v) is 4.07. The highest BCUT2D eigenvalue weighted by atomic mass is 19.1. The molecule has 2 aromatic rings. The quantitative estimate of drug-likeness (QED) is 0.583. The van der Waals surface area contributed by atoms with E-state index in [1.165, 1.54) is 18.2 Å². The van der Waals surface area contributed by atoms with Crippen LogP contribution in [0.3, 0.4) is 0 Å². The van der Waals surface area contributed by atoms with Crippen LogP contribution in [0, 0.1) is 5.82 Å². The highest BCUT2D eigenvalue weighted by Crippen LogP contribution is 2.26. The summed E-state index contributed by atoms with van der Waals surface area (Å²) in [6.07, 6.45) is 2.59. The maximum absolute atomic E-state index is 13.5. The van der Waals surface area contributed by atoms with Gasteiger partial charge in [-0.25, -0.2) is 9.18 Å². The number of amides is 4. The molecular formula is C19H16FN3O3. The number of rotatable bonds is 4. The molecule has 0 radical (unpaired) electrons. The van der Waals surface area contributed by atoms with Gasteiger partial charge in [0.1, 0.15) is 11.4 Å². The highest BCUT2D eigenvalue weighted by Gasteiger charge is 2.43. The van der Waals surface area contributed by atoms with Gasteiger partial charge in [0.15, 0.2) is 0 Å². The topological polar surface area (TPSA) is 87.3 Å². The number of urea groups is 1. The minimum atomic E-state index is -1.21. The van der Waals surface area contributed by atoms with Gasteiger partial charge < -0.3 is 10.6 Å². The van der Waals surface area contributed by atoms with Gasteiger partial charge in [-0.15, -0.1) is 0 Å². The molecule has 0 spiro atoms. The first-order valence-corrected chi connectivity index (χ1v) is 7.86. The second-order valence-corrected chi connectivity index (χ2v) is 5.96. The summed E-state index contributed by atoms with van der Waals surface area (Å²) in [6, 6.07) is 12.1. The summed E-state index contributed by atoms with van der Waals surface area (Å²) in [4.78, 5) is 35.5. The van der Waals surface area contributed by atoms with E-state index in [1.54, 1.807) is 49.4 Å². The molecule has 3 rings (SSSR count). The Bertz CT molecular complexity index is 926. The number of imide groups is 1. The fourth-order valence-electron chi connectivity index (χ4n) is 2.61. The number of benzene rings is 2. The van der Waals surface area contributed by atoms with Crippen molar-refractivity contribution in [2.75, 3.05) is 5.32 Å². The van der Waals surface area contributed by atoms with Crippen molar-refractivity contribution in [3.63, 3.8) is 0 Å². The van der Waals surface area contributed by atoms with Crippen LogP contribution in [0.5, 0.6) is 0 Å². The summed E-state index contributed by atoms with van der Waals surface area (Å²) in [5.41, 5.74) is 0.0627. The Morgan fingerprint density at radius 1 is 1.15 bits per heavy atom. The molecule has 4 amide bonds. The van der Waals surface area contributed by atoms with Crippen LogP contribution >= 0.6 is 0 Å². The Hall–Kier alpha value is -3.48. The van der Waals surface area contributed by atoms with Gasteiger partial charge in [-0.1, -0.05) is 30.3 Å². The van der Waals surface area contributed by atoms with Gasteiger partial charge in [0, 0.05) is 17.3 Å². The van der Waals surface area contributed by atoms with Crippen molar-refractivity contribution in [2.24, 2.45) is 0 Å². The number of carbonyl (C=O) groups is 3. The molecular weight excluding hydrogens is 337 g/mol. The Labute approximate surface area is 149 Å². The van der Waals surface area contributed by atoms with E-state index in [1.807, 2.05) is 0 Å². The zero-order valence-corrected chi connectivity index (χ0v) is 13.9. The van der Waals surface area contributed by atoms with Crippen molar-refractivity contribution in [1.29, 1.82) is 0 Å². The molecule has 0 aliphatic carbocycles. The molecule has 1 unspecified atom stereocenters. The van der Waals surface area contributed by atoms with Crippen molar-refractivity contribution >= 4 is 29.6 Å². The van der Waals surface area contributed by atoms with Gasteiger partial charge in [-0.3, -0.25) is 14.9 Å². The van der Waals surface area contributed by atoms with E-state index in [0.717, 1.165) is 0 Å². The Morgan fingerprint density at radius 3 is 2.62 bits per heavy atom. The normalized spacial score (nSPS) is 19.3. The average molecular weight is 353 g/mol. The number of halogens is 1. The molecule has 0 bridgehead atoms. The number of hydrogen-bond acceptors (Lipinski definition) is 3. The number of hydrogen-bond donors (Lipinski definition) is 3. The van der Waals surface area contributed by atoms with E-state index in [0.29, 0.717) is 16.8 Å². The zero-order valence-electron chi connectivity index (χ0n) is 13.9. The van der Waals surface area contributed by atoms with Crippen LogP contribution < -0.4 is 16.0 Å². The van der Waals surface area contributed by atoms with Crippen molar-refractivity contribution in [3.05, 3.63) is 71.6 Å². The summed E-state index contributed by atoms with van der Waals surface area (Å²) in [5.74, 6) is -1.34. The standard InChI is InChI=1S/C19H16FN3O3/c1-19(17(25)22-18(26)23-19)13-6-4-7-14(11-13)21-16(24)10-9-12-5-2-3-8-15(12)20/h2-11H,1H3,(H,21,24)(H2,22,23,25,26). The van der Waals surface area contributed by atoms with Crippen molar-refractivity contribution in [2.45, 2.75) is 12.5 Å². The number of anilines is 1. The summed E-state index contributed by atoms with van der Waals surface area (Å²) >= 11 is 0. The first-order valence-electron chi connectivity index (χ1n) is 7.86. The summed E-state index contributed by atoms with van der Waals surface area (Å²) in [5, 5.41) is 7.39. The van der Waals surface area contributed by atoms with Crippen LogP contribution in [-0.4, -0.2) is 17.8 Å². The smallest absolute Gasteiger partial charge is 0.322 e. The number of nitrogens with one attached hydrogen (secondary N) is 3. The van der Waals surface area contributed by atoms with Crippen molar-refractivity contribution in [3.8, 4) is 0 Å². The SMILES string of the molecule is CC1(c2cccc(NC(=O)C=Cc3ccccc3F)c2)NC(=O)NC1=O. The number of carbonyl (C=O) groups excluding carboxylic acids is 3. The maximum Gasteiger partial charge on any atom is 0.322 e. The van der Waals surface area contributed by atoms with E-state index in [9.17, 15) is 18.8 Å². The van der Waals surface area contributed by atoms with Crippen LogP contribution in [0.2, 0.25) is 0 Å². The van der Waals surface area contributed by atoms with Crippen LogP contribution in [0.15, 0.2) is 54.6 Å². The first kappa shape index (κ1) is 17.3. The van der Waals surface area contributed by atoms with Crippen molar-refractivity contribution < 1.29 is 18.8 Å². The lowest BCUT2D eigenvalue weighted by Crippen LogP contribution is -2.40. The summed E-state index contributed by atoms with van der Waals surface area (Å²) in [7, 11) is 0. The minimum absolute atomic E-state index is 0.300. The molecule has 1 aliphatic heterocycles. The molecule has 7 heteroatoms. The van der Waals surface area contributed by atoms with Crippen LogP contribution in [0.25, 0.3) is 6.08 Å². The van der Waals surface area contributed by atoms with Gasteiger partial charge in [-0.2, -0.15) is 0 Å². The van der Waals surface area contributed by atoms with Gasteiger partial charge in [-0.05, 0) is 36.8 Å². The molecule has 0 saturated carbocycles. The largest absolute Gasteiger partial charge is 0.323 e. The summed E-state index contributed by atoms with van der Waals surface area (Å²) < 4.78 is 13.5. The Balaban J connectivity index is 1.75. The van der Waals surface area contributed by atoms with Gasteiger partial charge in [0.05, 0.1) is 0 Å². The predicted molar refractivity (Wildman–Crippen MR) is 94.5 cm³/mol. The first-order chi connectivity index (χ1) is 12.4. The maximum atomic E-state index is 13.5. The van der Waals surface area contributed by atoms with Gasteiger partial charge >= 0.3 is 6.03 Å². The third kappa shape index (κ3) is 3.46. The molecule has 3 N–H and O–H groups in total. The van der Waals surface area contributed by atoms with E-state index >= 15 is 0 Å². The molecule has 6 nitrogen and oxygen atoms in total. The Kier molecular flexibility index (Phi) is 4.53. The fourth-order valence-corrected chi connectivity index (χ4v) is 2.61. The molecule has 0 aromatic heterocycles.